The highest BCUT2D eigenvalue weighted by molar-refractivity contribution is 5.85. The van der Waals surface area contributed by atoms with E-state index >= 15 is 0 Å². The van der Waals surface area contributed by atoms with E-state index in [0.29, 0.717) is 0 Å². The molecule has 2 atom stereocenters. The maximum absolute atomic E-state index is 4.34. The minimum atomic E-state index is 0. The van der Waals surface area contributed by atoms with Crippen molar-refractivity contribution in [3.63, 3.8) is 0 Å². The lowest BCUT2D eigenvalue weighted by Crippen LogP contribution is -2.17. The maximum atomic E-state index is 4.34. The quantitative estimate of drug-likeness (QED) is 0.814. The molecular weight excluding hydrogens is 234 g/mol. The Morgan fingerprint density at radius 1 is 1.41 bits per heavy atom. The van der Waals surface area contributed by atoms with Crippen molar-refractivity contribution >= 4 is 12.4 Å². The van der Waals surface area contributed by atoms with Gasteiger partial charge in [0.25, 0.3) is 0 Å². The van der Waals surface area contributed by atoms with Crippen molar-refractivity contribution in [3.8, 4) is 0 Å². The van der Waals surface area contributed by atoms with Crippen LogP contribution in [-0.2, 0) is 13.1 Å². The van der Waals surface area contributed by atoms with Crippen LogP contribution < -0.4 is 5.32 Å². The third kappa shape index (κ3) is 4.32. The molecule has 3 nitrogen and oxygen atoms in total. The molecule has 1 fully saturated rings. The molecule has 4 heteroatoms. The zero-order chi connectivity index (χ0) is 11.4. The topological polar surface area (TPSA) is 29.9 Å². The van der Waals surface area contributed by atoms with Crippen molar-refractivity contribution in [1.82, 2.24) is 15.1 Å². The largest absolute Gasteiger partial charge is 0.310 e. The van der Waals surface area contributed by atoms with Gasteiger partial charge >= 0.3 is 0 Å². The van der Waals surface area contributed by atoms with E-state index in [1.165, 1.54) is 24.8 Å². The van der Waals surface area contributed by atoms with Crippen LogP contribution in [0.2, 0.25) is 0 Å². The Morgan fingerprint density at radius 2 is 2.24 bits per heavy atom. The Bertz CT molecular complexity index is 324. The SMILES string of the molecule is CCCC1CC1NCc1cnn(CCC)c1.Cl. The predicted molar refractivity (Wildman–Crippen MR) is 73.4 cm³/mol. The van der Waals surface area contributed by atoms with Crippen LogP contribution in [0.15, 0.2) is 12.4 Å². The Labute approximate surface area is 110 Å². The molecule has 0 radical (unpaired) electrons. The zero-order valence-electron chi connectivity index (χ0n) is 10.9. The van der Waals surface area contributed by atoms with Gasteiger partial charge in [0.2, 0.25) is 0 Å². The molecule has 0 aromatic carbocycles. The van der Waals surface area contributed by atoms with E-state index in [4.69, 9.17) is 0 Å². The molecule has 2 unspecified atom stereocenters. The fourth-order valence-corrected chi connectivity index (χ4v) is 2.29. The molecule has 1 aromatic heterocycles. The van der Waals surface area contributed by atoms with Crippen LogP contribution in [0.25, 0.3) is 0 Å². The van der Waals surface area contributed by atoms with Crippen molar-refractivity contribution in [1.29, 1.82) is 0 Å². The maximum Gasteiger partial charge on any atom is 0.0534 e. The van der Waals surface area contributed by atoms with Crippen LogP contribution in [0.5, 0.6) is 0 Å². The summed E-state index contributed by atoms with van der Waals surface area (Å²) in [6, 6.07) is 0.773. The standard InChI is InChI=1S/C13H23N3.ClH/c1-3-5-12-7-13(12)14-8-11-9-15-16(10-11)6-4-2;/h9-10,12-14H,3-8H2,1-2H3;1H. The van der Waals surface area contributed by atoms with Gasteiger partial charge in [-0.2, -0.15) is 5.10 Å². The first-order chi connectivity index (χ1) is 7.83. The van der Waals surface area contributed by atoms with Crippen molar-refractivity contribution in [2.24, 2.45) is 5.92 Å². The van der Waals surface area contributed by atoms with E-state index in [1.807, 2.05) is 10.9 Å². The molecule has 1 aromatic rings. The van der Waals surface area contributed by atoms with Crippen LogP contribution in [0, 0.1) is 5.92 Å². The molecule has 1 N–H and O–H groups in total. The molecule has 0 aliphatic heterocycles. The smallest absolute Gasteiger partial charge is 0.0534 e. The fraction of sp³-hybridized carbons (Fsp3) is 0.769. The molecule has 1 heterocycles. The molecule has 17 heavy (non-hydrogen) atoms. The molecule has 0 amide bonds. The van der Waals surface area contributed by atoms with Crippen LogP contribution in [0.4, 0.5) is 0 Å². The van der Waals surface area contributed by atoms with Gasteiger partial charge in [0, 0.05) is 30.9 Å². The molecule has 1 aliphatic carbocycles. The molecule has 0 saturated heterocycles. The van der Waals surface area contributed by atoms with Crippen molar-refractivity contribution in [3.05, 3.63) is 18.0 Å². The lowest BCUT2D eigenvalue weighted by molar-refractivity contribution is 0.592. The Morgan fingerprint density at radius 3 is 2.94 bits per heavy atom. The van der Waals surface area contributed by atoms with Gasteiger partial charge in [-0.15, -0.1) is 12.4 Å². The van der Waals surface area contributed by atoms with E-state index in [9.17, 15) is 0 Å². The second-order valence-electron chi connectivity index (χ2n) is 4.88. The first-order valence-electron chi connectivity index (χ1n) is 6.58. The van der Waals surface area contributed by atoms with Gasteiger partial charge in [0.1, 0.15) is 0 Å². The summed E-state index contributed by atoms with van der Waals surface area (Å²) >= 11 is 0. The minimum absolute atomic E-state index is 0. The van der Waals surface area contributed by atoms with Crippen molar-refractivity contribution in [2.45, 2.75) is 58.7 Å². The highest BCUT2D eigenvalue weighted by Gasteiger charge is 2.35. The van der Waals surface area contributed by atoms with Crippen LogP contribution in [0.3, 0.4) is 0 Å². The van der Waals surface area contributed by atoms with Gasteiger partial charge in [-0.3, -0.25) is 4.68 Å². The van der Waals surface area contributed by atoms with Gasteiger partial charge in [-0.1, -0.05) is 20.3 Å². The van der Waals surface area contributed by atoms with Gasteiger partial charge in [0.05, 0.1) is 6.20 Å². The third-order valence-electron chi connectivity index (χ3n) is 3.29. The summed E-state index contributed by atoms with van der Waals surface area (Å²) in [6.07, 6.45) is 9.37. The summed E-state index contributed by atoms with van der Waals surface area (Å²) in [6.45, 7) is 6.46. The van der Waals surface area contributed by atoms with Crippen LogP contribution >= 0.6 is 12.4 Å². The Balaban J connectivity index is 0.00000144. The van der Waals surface area contributed by atoms with E-state index < -0.39 is 0 Å². The van der Waals surface area contributed by atoms with E-state index in [2.05, 4.69) is 30.5 Å². The number of nitrogens with one attached hydrogen (secondary N) is 1. The number of nitrogens with zero attached hydrogens (tertiary/aromatic N) is 2. The lowest BCUT2D eigenvalue weighted by atomic mass is 10.2. The average molecular weight is 258 g/mol. The van der Waals surface area contributed by atoms with Gasteiger partial charge < -0.3 is 5.32 Å². The fourth-order valence-electron chi connectivity index (χ4n) is 2.29. The summed E-state index contributed by atoms with van der Waals surface area (Å²) in [5.41, 5.74) is 1.32. The molecule has 0 bridgehead atoms. The predicted octanol–water partition coefficient (Wildman–Crippen LogP) is 2.99. The van der Waals surface area contributed by atoms with E-state index in [0.717, 1.165) is 31.5 Å². The molecule has 1 saturated carbocycles. The second-order valence-corrected chi connectivity index (χ2v) is 4.88. The Hall–Kier alpha value is -0.540. The van der Waals surface area contributed by atoms with Gasteiger partial charge in [-0.05, 0) is 25.2 Å². The van der Waals surface area contributed by atoms with Crippen molar-refractivity contribution in [2.75, 3.05) is 0 Å². The zero-order valence-corrected chi connectivity index (χ0v) is 11.7. The van der Waals surface area contributed by atoms with E-state index in [1.54, 1.807) is 0 Å². The number of hydrogen-bond acceptors (Lipinski definition) is 2. The molecule has 98 valence electrons. The number of rotatable bonds is 7. The number of hydrogen-bond donors (Lipinski definition) is 1. The van der Waals surface area contributed by atoms with Crippen LogP contribution in [-0.4, -0.2) is 15.8 Å². The number of aromatic nitrogens is 2. The summed E-state index contributed by atoms with van der Waals surface area (Å²) in [5.74, 6) is 0.940. The Kier molecular flexibility index (Phi) is 6.00. The average Bonchev–Trinajstić information content (AvgIpc) is 2.85. The monoisotopic (exact) mass is 257 g/mol. The van der Waals surface area contributed by atoms with Gasteiger partial charge in [0.15, 0.2) is 0 Å². The molecular formula is C13H24ClN3. The number of aryl methyl sites for hydroxylation is 1. The van der Waals surface area contributed by atoms with E-state index in [-0.39, 0.29) is 12.4 Å². The molecule has 1 aliphatic rings. The molecule has 0 spiro atoms. The van der Waals surface area contributed by atoms with Crippen LogP contribution in [0.1, 0.15) is 45.1 Å². The molecule has 2 rings (SSSR count). The normalized spacial score (nSPS) is 22.2. The highest BCUT2D eigenvalue weighted by atomic mass is 35.5. The summed E-state index contributed by atoms with van der Waals surface area (Å²) in [5, 5.41) is 7.95. The summed E-state index contributed by atoms with van der Waals surface area (Å²) in [4.78, 5) is 0. The van der Waals surface area contributed by atoms with Crippen molar-refractivity contribution < 1.29 is 0 Å². The van der Waals surface area contributed by atoms with Gasteiger partial charge in [-0.25, -0.2) is 0 Å². The first-order valence-corrected chi connectivity index (χ1v) is 6.58. The lowest BCUT2D eigenvalue weighted by Gasteiger charge is -2.01. The summed E-state index contributed by atoms with van der Waals surface area (Å²) in [7, 11) is 0. The minimum Gasteiger partial charge on any atom is -0.310 e. The first kappa shape index (κ1) is 14.5. The highest BCUT2D eigenvalue weighted by Crippen LogP contribution is 2.34. The third-order valence-corrected chi connectivity index (χ3v) is 3.29. The summed E-state index contributed by atoms with van der Waals surface area (Å²) < 4.78 is 2.04. The number of halogens is 1. The second kappa shape index (κ2) is 7.02.